The van der Waals surface area contributed by atoms with Crippen LogP contribution in [0.15, 0.2) is 48.0 Å². The predicted molar refractivity (Wildman–Crippen MR) is 126 cm³/mol. The average molecular weight is 491 g/mol. The zero-order valence-electron chi connectivity index (χ0n) is 18.1. The lowest BCUT2D eigenvalue weighted by Crippen LogP contribution is -2.42. The van der Waals surface area contributed by atoms with E-state index in [-0.39, 0.29) is 11.3 Å². The molecule has 4 rings (SSSR count). The Hall–Kier alpha value is -2.58. The van der Waals surface area contributed by atoms with Crippen molar-refractivity contribution in [2.75, 3.05) is 46.5 Å². The molecule has 0 aromatic heterocycles. The lowest BCUT2D eigenvalue weighted by molar-refractivity contribution is -0.140. The van der Waals surface area contributed by atoms with Crippen molar-refractivity contribution in [2.45, 2.75) is 6.04 Å². The van der Waals surface area contributed by atoms with Crippen molar-refractivity contribution >= 4 is 40.7 Å². The van der Waals surface area contributed by atoms with Gasteiger partial charge in [0.05, 0.1) is 31.9 Å². The van der Waals surface area contributed by atoms with Crippen LogP contribution in [0.25, 0.3) is 5.76 Å². The van der Waals surface area contributed by atoms with E-state index in [2.05, 4.69) is 4.90 Å². The summed E-state index contributed by atoms with van der Waals surface area (Å²) in [7, 11) is 1.54. The molecule has 33 heavy (non-hydrogen) atoms. The number of aliphatic hydroxyl groups excluding tert-OH is 1. The first kappa shape index (κ1) is 23.6. The number of morpholine rings is 1. The van der Waals surface area contributed by atoms with Gasteiger partial charge in [-0.3, -0.25) is 14.5 Å². The number of hydrogen-bond acceptors (Lipinski definition) is 6. The lowest BCUT2D eigenvalue weighted by Gasteiger charge is -2.31. The molecule has 2 aromatic rings. The predicted octanol–water partition coefficient (Wildman–Crippen LogP) is 3.76. The van der Waals surface area contributed by atoms with Crippen molar-refractivity contribution in [2.24, 2.45) is 0 Å². The molecule has 0 spiro atoms. The van der Waals surface area contributed by atoms with Gasteiger partial charge in [0.2, 0.25) is 0 Å². The van der Waals surface area contributed by atoms with Crippen molar-refractivity contribution in [3.05, 3.63) is 69.2 Å². The monoisotopic (exact) mass is 490 g/mol. The molecule has 0 aliphatic carbocycles. The number of hydrogen-bond donors (Lipinski definition) is 1. The Bertz CT molecular complexity index is 1080. The number of halogens is 2. The molecule has 0 bridgehead atoms. The molecule has 0 saturated carbocycles. The van der Waals surface area contributed by atoms with Crippen LogP contribution in [-0.2, 0) is 14.3 Å². The Kier molecular flexibility index (Phi) is 7.24. The topological polar surface area (TPSA) is 79.3 Å². The van der Waals surface area contributed by atoms with E-state index in [1.165, 1.54) is 12.0 Å². The summed E-state index contributed by atoms with van der Waals surface area (Å²) in [5.41, 5.74) is 0.922. The van der Waals surface area contributed by atoms with Crippen LogP contribution in [0.5, 0.6) is 5.75 Å². The zero-order valence-corrected chi connectivity index (χ0v) is 19.6. The highest BCUT2D eigenvalue weighted by Gasteiger charge is 2.46. The van der Waals surface area contributed by atoms with Crippen molar-refractivity contribution in [3.8, 4) is 5.75 Å². The van der Waals surface area contributed by atoms with Crippen molar-refractivity contribution in [3.63, 3.8) is 0 Å². The van der Waals surface area contributed by atoms with Gasteiger partial charge in [-0.1, -0.05) is 29.3 Å². The van der Waals surface area contributed by atoms with Crippen LogP contribution in [0.2, 0.25) is 10.0 Å². The van der Waals surface area contributed by atoms with E-state index in [4.69, 9.17) is 32.7 Å². The van der Waals surface area contributed by atoms with E-state index in [9.17, 15) is 14.7 Å². The fourth-order valence-electron chi connectivity index (χ4n) is 4.14. The van der Waals surface area contributed by atoms with Gasteiger partial charge >= 0.3 is 0 Å². The van der Waals surface area contributed by atoms with Crippen molar-refractivity contribution in [1.29, 1.82) is 0 Å². The third-order valence-electron chi connectivity index (χ3n) is 5.92. The number of carbonyl (C=O) groups excluding carboxylic acids is 2. The molecule has 0 unspecified atom stereocenters. The minimum absolute atomic E-state index is 0.00336. The Balaban J connectivity index is 1.76. The van der Waals surface area contributed by atoms with E-state index in [0.29, 0.717) is 53.2 Å². The highest BCUT2D eigenvalue weighted by Crippen LogP contribution is 2.42. The van der Waals surface area contributed by atoms with E-state index in [1.54, 1.807) is 42.5 Å². The Morgan fingerprint density at radius 2 is 1.79 bits per heavy atom. The largest absolute Gasteiger partial charge is 0.507 e. The average Bonchev–Trinajstić information content (AvgIpc) is 3.07. The zero-order chi connectivity index (χ0) is 23.5. The maximum Gasteiger partial charge on any atom is 0.295 e. The Morgan fingerprint density at radius 1 is 1.09 bits per heavy atom. The third-order valence-corrected chi connectivity index (χ3v) is 6.48. The highest BCUT2D eigenvalue weighted by molar-refractivity contribution is 6.47. The second-order valence-electron chi connectivity index (χ2n) is 7.84. The molecule has 1 amide bonds. The molecule has 9 heteroatoms. The first-order chi connectivity index (χ1) is 15.9. The summed E-state index contributed by atoms with van der Waals surface area (Å²) in [6.07, 6.45) is 0. The lowest BCUT2D eigenvalue weighted by atomic mass is 9.95. The molecule has 2 saturated heterocycles. The minimum Gasteiger partial charge on any atom is -0.507 e. The number of likely N-dealkylation sites (tertiary alicyclic amines) is 1. The van der Waals surface area contributed by atoms with Gasteiger partial charge in [-0.15, -0.1) is 0 Å². The summed E-state index contributed by atoms with van der Waals surface area (Å²) in [5.74, 6) is -1.08. The number of Topliss-reactive ketones (excluding diaryl/α,β-unsaturated/α-hetero) is 1. The summed E-state index contributed by atoms with van der Waals surface area (Å²) >= 11 is 12.6. The standard InChI is InChI=1S/C24H24Cl2N2O5/c1-32-17-5-2-15(3-6-17)22(29)20-21(18-7-4-16(25)14-19(18)26)28(24(31)23(20)30)9-8-27-10-12-33-13-11-27/h2-7,14,21,29H,8-13H2,1H3/t21-/m0/s1. The second kappa shape index (κ2) is 10.1. The van der Waals surface area contributed by atoms with Crippen LogP contribution < -0.4 is 4.74 Å². The number of ether oxygens (including phenoxy) is 2. The summed E-state index contributed by atoms with van der Waals surface area (Å²) in [6.45, 7) is 3.63. The first-order valence-electron chi connectivity index (χ1n) is 10.6. The van der Waals surface area contributed by atoms with Gasteiger partial charge in [0, 0.05) is 41.8 Å². The minimum atomic E-state index is -0.835. The molecule has 7 nitrogen and oxygen atoms in total. The summed E-state index contributed by atoms with van der Waals surface area (Å²) in [5, 5.41) is 11.9. The first-order valence-corrected chi connectivity index (χ1v) is 11.3. The SMILES string of the molecule is COc1ccc(C(O)=C2C(=O)C(=O)N(CCN3CCOCC3)[C@H]2c2ccc(Cl)cc2Cl)cc1. The van der Waals surface area contributed by atoms with Crippen LogP contribution in [0.4, 0.5) is 0 Å². The van der Waals surface area contributed by atoms with Gasteiger partial charge in [-0.05, 0) is 42.0 Å². The highest BCUT2D eigenvalue weighted by atomic mass is 35.5. The van der Waals surface area contributed by atoms with Gasteiger partial charge < -0.3 is 19.5 Å². The summed E-state index contributed by atoms with van der Waals surface area (Å²) in [4.78, 5) is 29.9. The van der Waals surface area contributed by atoms with E-state index in [0.717, 1.165) is 13.1 Å². The number of carbonyl (C=O) groups is 2. The molecule has 2 aliphatic rings. The van der Waals surface area contributed by atoms with Gasteiger partial charge in [-0.25, -0.2) is 0 Å². The molecule has 174 valence electrons. The van der Waals surface area contributed by atoms with Crippen LogP contribution in [0, 0.1) is 0 Å². The van der Waals surface area contributed by atoms with Crippen molar-refractivity contribution < 1.29 is 24.2 Å². The molecule has 1 atom stereocenters. The number of nitrogens with zero attached hydrogens (tertiary/aromatic N) is 2. The van der Waals surface area contributed by atoms with Crippen LogP contribution in [0.1, 0.15) is 17.2 Å². The fourth-order valence-corrected chi connectivity index (χ4v) is 4.65. The Morgan fingerprint density at radius 3 is 2.42 bits per heavy atom. The molecule has 2 aliphatic heterocycles. The van der Waals surface area contributed by atoms with Crippen LogP contribution >= 0.6 is 23.2 Å². The number of amides is 1. The second-order valence-corrected chi connectivity index (χ2v) is 8.68. The Labute approximate surface area is 202 Å². The van der Waals surface area contributed by atoms with Gasteiger partial charge in [-0.2, -0.15) is 0 Å². The number of benzene rings is 2. The molecule has 2 aromatic carbocycles. The van der Waals surface area contributed by atoms with E-state index in [1.807, 2.05) is 0 Å². The van der Waals surface area contributed by atoms with Gasteiger partial charge in [0.25, 0.3) is 11.7 Å². The van der Waals surface area contributed by atoms with Gasteiger partial charge in [0.15, 0.2) is 0 Å². The smallest absolute Gasteiger partial charge is 0.295 e. The third kappa shape index (κ3) is 4.87. The molecule has 2 fully saturated rings. The molecule has 0 radical (unpaired) electrons. The van der Waals surface area contributed by atoms with E-state index >= 15 is 0 Å². The maximum atomic E-state index is 13.1. The maximum absolute atomic E-state index is 13.1. The number of rotatable bonds is 6. The van der Waals surface area contributed by atoms with Crippen LogP contribution in [-0.4, -0.2) is 73.1 Å². The number of aliphatic hydroxyl groups is 1. The normalized spacial score (nSPS) is 20.9. The molecular weight excluding hydrogens is 467 g/mol. The fraction of sp³-hybridized carbons (Fsp3) is 0.333. The molecular formula is C24H24Cl2N2O5. The summed E-state index contributed by atoms with van der Waals surface area (Å²) in [6, 6.07) is 10.7. The van der Waals surface area contributed by atoms with Gasteiger partial charge in [0.1, 0.15) is 11.5 Å². The number of ketones is 1. The number of methoxy groups -OCH3 is 1. The van der Waals surface area contributed by atoms with Crippen LogP contribution in [0.3, 0.4) is 0 Å². The van der Waals surface area contributed by atoms with Crippen molar-refractivity contribution in [1.82, 2.24) is 9.80 Å². The quantitative estimate of drug-likeness (QED) is 0.377. The van der Waals surface area contributed by atoms with E-state index < -0.39 is 17.7 Å². The molecule has 2 heterocycles. The molecule has 1 N–H and O–H groups in total. The summed E-state index contributed by atoms with van der Waals surface area (Å²) < 4.78 is 10.6.